The van der Waals surface area contributed by atoms with Gasteiger partial charge in [0, 0.05) is 47.4 Å². The van der Waals surface area contributed by atoms with E-state index in [0.717, 1.165) is 0 Å². The van der Waals surface area contributed by atoms with E-state index in [4.69, 9.17) is 14.2 Å². The van der Waals surface area contributed by atoms with E-state index >= 15 is 0 Å². The van der Waals surface area contributed by atoms with Crippen LogP contribution in [0.25, 0.3) is 0 Å². The highest BCUT2D eigenvalue weighted by Crippen LogP contribution is 2.25. The topological polar surface area (TPSA) is 113 Å². The Labute approximate surface area is 182 Å². The monoisotopic (exact) mass is 442 g/mol. The van der Waals surface area contributed by atoms with Crippen LogP contribution >= 0.6 is 0 Å². The van der Waals surface area contributed by atoms with Crippen LogP contribution in [0.15, 0.2) is 59.9 Å². The van der Waals surface area contributed by atoms with Crippen molar-refractivity contribution >= 4 is 22.5 Å². The number of rotatable bonds is 9. The average molecular weight is 442 g/mol. The molecule has 10 heteroatoms. The van der Waals surface area contributed by atoms with Gasteiger partial charge in [0.1, 0.15) is 24.0 Å². The molecular weight excluding hydrogens is 420 g/mol. The fourth-order valence-corrected chi connectivity index (χ4v) is 3.09. The molecule has 9 nitrogen and oxygen atoms in total. The minimum atomic E-state index is -1.09. The predicted molar refractivity (Wildman–Crippen MR) is 115 cm³/mol. The van der Waals surface area contributed by atoms with E-state index < -0.39 is 16.7 Å². The zero-order valence-electron chi connectivity index (χ0n) is 17.3. The third-order valence-electron chi connectivity index (χ3n) is 3.97. The highest BCUT2D eigenvalue weighted by atomic mass is 32.2. The molecule has 0 aliphatic heterocycles. The van der Waals surface area contributed by atoms with Crippen molar-refractivity contribution in [2.24, 2.45) is 0 Å². The van der Waals surface area contributed by atoms with Crippen LogP contribution in [-0.2, 0) is 15.5 Å². The summed E-state index contributed by atoms with van der Waals surface area (Å²) >= 11 is 0. The van der Waals surface area contributed by atoms with Gasteiger partial charge in [-0.3, -0.25) is 9.00 Å². The minimum Gasteiger partial charge on any atom is -0.472 e. The maximum absolute atomic E-state index is 12.7. The van der Waals surface area contributed by atoms with Gasteiger partial charge in [-0.25, -0.2) is 9.97 Å². The molecule has 2 heterocycles. The third kappa shape index (κ3) is 6.56. The lowest BCUT2D eigenvalue weighted by molar-refractivity contribution is 0.0882. The second-order valence-corrected chi connectivity index (χ2v) is 7.87. The summed E-state index contributed by atoms with van der Waals surface area (Å²) in [4.78, 5) is 25.6. The van der Waals surface area contributed by atoms with Gasteiger partial charge in [0.05, 0.1) is 12.2 Å². The van der Waals surface area contributed by atoms with Gasteiger partial charge in [-0.15, -0.1) is 0 Å². The molecule has 162 valence electrons. The zero-order valence-corrected chi connectivity index (χ0v) is 18.1. The molecule has 1 aromatic carbocycles. The molecule has 1 N–H and O–H groups in total. The van der Waals surface area contributed by atoms with Gasteiger partial charge in [-0.1, -0.05) is 0 Å². The van der Waals surface area contributed by atoms with Crippen molar-refractivity contribution in [1.82, 2.24) is 15.0 Å². The average Bonchev–Trinajstić information content (AvgIpc) is 2.75. The highest BCUT2D eigenvalue weighted by molar-refractivity contribution is 7.84. The fraction of sp³-hybridized carbons (Fsp3) is 0.238. The lowest BCUT2D eigenvalue weighted by Crippen LogP contribution is -2.19. The second-order valence-electron chi connectivity index (χ2n) is 6.49. The number of pyridine rings is 1. The van der Waals surface area contributed by atoms with E-state index in [2.05, 4.69) is 20.3 Å². The Bertz CT molecular complexity index is 1050. The maximum atomic E-state index is 12.7. The molecule has 0 bridgehead atoms. The normalized spacial score (nSPS) is 12.6. The first-order valence-corrected chi connectivity index (χ1v) is 10.9. The number of carbonyl (C=O) groups excluding carboxylic acids is 1. The Morgan fingerprint density at radius 1 is 1.16 bits per heavy atom. The van der Waals surface area contributed by atoms with Crippen molar-refractivity contribution in [2.75, 3.05) is 25.3 Å². The van der Waals surface area contributed by atoms with E-state index in [-0.39, 0.29) is 23.4 Å². The molecule has 2 atom stereocenters. The number of nitrogens with zero attached hydrogens (tertiary/aromatic N) is 3. The number of nitrogens with one attached hydrogen (secondary N) is 1. The van der Waals surface area contributed by atoms with E-state index in [1.165, 1.54) is 24.7 Å². The Morgan fingerprint density at radius 3 is 2.55 bits per heavy atom. The molecule has 3 aromatic rings. The molecule has 0 aliphatic rings. The molecule has 1 amide bonds. The molecule has 0 spiro atoms. The van der Waals surface area contributed by atoms with Gasteiger partial charge >= 0.3 is 0 Å². The van der Waals surface area contributed by atoms with Crippen LogP contribution in [0, 0.1) is 0 Å². The summed E-state index contributed by atoms with van der Waals surface area (Å²) in [6, 6.07) is 11.4. The predicted octanol–water partition coefficient (Wildman–Crippen LogP) is 3.07. The number of benzene rings is 1. The molecule has 31 heavy (non-hydrogen) atoms. The van der Waals surface area contributed by atoms with Gasteiger partial charge < -0.3 is 19.5 Å². The van der Waals surface area contributed by atoms with Crippen molar-refractivity contribution in [1.29, 1.82) is 0 Å². The highest BCUT2D eigenvalue weighted by Gasteiger charge is 2.15. The van der Waals surface area contributed by atoms with E-state index in [1.54, 1.807) is 43.7 Å². The molecule has 0 saturated carbocycles. The van der Waals surface area contributed by atoms with Crippen LogP contribution in [0.2, 0.25) is 0 Å². The van der Waals surface area contributed by atoms with Crippen LogP contribution in [0.4, 0.5) is 5.82 Å². The van der Waals surface area contributed by atoms with Crippen molar-refractivity contribution < 1.29 is 23.2 Å². The lowest BCUT2D eigenvalue weighted by atomic mass is 10.2. The maximum Gasteiger partial charge on any atom is 0.257 e. The van der Waals surface area contributed by atoms with Crippen LogP contribution in [0.1, 0.15) is 17.3 Å². The van der Waals surface area contributed by atoms with Gasteiger partial charge in [-0.2, -0.15) is 4.98 Å². The standard InChI is InChI=1S/C21H22N4O5S/c1-14(12-28-2)29-19-10-15(21(26)24-18-8-9-22-13-23-18)11-20(25-19)30-16-4-6-17(7-5-16)31(3)27/h4-11,13-14H,12H2,1-3H3,(H,22,23,24,26). The van der Waals surface area contributed by atoms with Crippen molar-refractivity contribution in [3.8, 4) is 17.5 Å². The first kappa shape index (κ1) is 22.3. The number of anilines is 1. The minimum absolute atomic E-state index is 0.167. The van der Waals surface area contributed by atoms with Crippen LogP contribution in [0.5, 0.6) is 17.5 Å². The second kappa shape index (κ2) is 10.6. The van der Waals surface area contributed by atoms with E-state index in [9.17, 15) is 9.00 Å². The molecule has 0 aliphatic carbocycles. The summed E-state index contributed by atoms with van der Waals surface area (Å²) in [7, 11) is 0.478. The van der Waals surface area contributed by atoms with Crippen molar-refractivity contribution in [3.63, 3.8) is 0 Å². The first-order valence-electron chi connectivity index (χ1n) is 9.31. The molecule has 2 unspecified atom stereocenters. The summed E-state index contributed by atoms with van der Waals surface area (Å²) in [5.74, 6) is 0.803. The SMILES string of the molecule is COCC(C)Oc1cc(C(=O)Nc2ccncn2)cc(Oc2ccc(S(C)=O)cc2)n1. The smallest absolute Gasteiger partial charge is 0.257 e. The molecule has 0 fully saturated rings. The Morgan fingerprint density at radius 2 is 1.90 bits per heavy atom. The molecule has 0 radical (unpaired) electrons. The van der Waals surface area contributed by atoms with Gasteiger partial charge in [-0.05, 0) is 37.3 Å². The van der Waals surface area contributed by atoms with Crippen molar-refractivity contribution in [2.45, 2.75) is 17.9 Å². The summed E-state index contributed by atoms with van der Waals surface area (Å²) in [5.41, 5.74) is 0.273. The number of hydrogen-bond donors (Lipinski definition) is 1. The summed E-state index contributed by atoms with van der Waals surface area (Å²) < 4.78 is 28.2. The number of aromatic nitrogens is 3. The van der Waals surface area contributed by atoms with E-state index in [1.807, 2.05) is 6.92 Å². The number of hydrogen-bond acceptors (Lipinski definition) is 8. The van der Waals surface area contributed by atoms with Gasteiger partial charge in [0.25, 0.3) is 5.91 Å². The quantitative estimate of drug-likeness (QED) is 0.538. The summed E-state index contributed by atoms with van der Waals surface area (Å²) in [6.07, 6.45) is 4.17. The lowest BCUT2D eigenvalue weighted by Gasteiger charge is -2.15. The third-order valence-corrected chi connectivity index (χ3v) is 4.90. The number of amides is 1. The molecule has 2 aromatic heterocycles. The Balaban J connectivity index is 1.86. The van der Waals surface area contributed by atoms with Crippen LogP contribution in [-0.4, -0.2) is 51.1 Å². The Hall–Kier alpha value is -3.37. The van der Waals surface area contributed by atoms with Gasteiger partial charge in [0.15, 0.2) is 0 Å². The first-order chi connectivity index (χ1) is 14.9. The fourth-order valence-electron chi connectivity index (χ4n) is 2.57. The number of carbonyl (C=O) groups is 1. The number of methoxy groups -OCH3 is 1. The summed E-state index contributed by atoms with van der Waals surface area (Å²) in [5, 5.41) is 2.69. The summed E-state index contributed by atoms with van der Waals surface area (Å²) in [6.45, 7) is 2.17. The number of ether oxygens (including phenoxy) is 3. The molecule has 0 saturated heterocycles. The zero-order chi connectivity index (χ0) is 22.2. The molecular formula is C21H22N4O5S. The largest absolute Gasteiger partial charge is 0.472 e. The van der Waals surface area contributed by atoms with Crippen LogP contribution in [0.3, 0.4) is 0 Å². The Kier molecular flexibility index (Phi) is 7.63. The van der Waals surface area contributed by atoms with Gasteiger partial charge in [0.2, 0.25) is 11.8 Å². The van der Waals surface area contributed by atoms with E-state index in [0.29, 0.717) is 23.1 Å². The molecule has 3 rings (SSSR count). The van der Waals surface area contributed by atoms with Crippen LogP contribution < -0.4 is 14.8 Å². The van der Waals surface area contributed by atoms with Crippen molar-refractivity contribution in [3.05, 3.63) is 60.6 Å².